The largest absolute Gasteiger partial charge is 0.488 e. The Morgan fingerprint density at radius 3 is 0.880 bits per heavy atom. The molecule has 14 rings (SSSR count). The van der Waals surface area contributed by atoms with E-state index >= 15 is 0 Å². The van der Waals surface area contributed by atoms with Gasteiger partial charge in [-0.25, -0.2) is 0 Å². The monoisotopic (exact) mass is 1240 g/mol. The predicted octanol–water partition coefficient (Wildman–Crippen LogP) is 21.7. The number of hydrogen-bond donors (Lipinski definition) is 2. The number of halogens is 3. The molecule has 2 nitrogen and oxygen atoms in total. The van der Waals surface area contributed by atoms with E-state index in [0.29, 0.717) is 15.5 Å². The summed E-state index contributed by atoms with van der Waals surface area (Å²) in [5.41, 5.74) is 18.4. The highest BCUT2D eigenvalue weighted by Crippen LogP contribution is 2.42. The topological polar surface area (TPSA) is 40.5 Å². The van der Waals surface area contributed by atoms with Crippen LogP contribution in [-0.4, -0.2) is 17.2 Å². The van der Waals surface area contributed by atoms with Crippen molar-refractivity contribution in [2.45, 2.75) is 13.8 Å². The van der Waals surface area contributed by atoms with Gasteiger partial charge in [0.1, 0.15) is 0 Å². The highest BCUT2D eigenvalue weighted by molar-refractivity contribution is 6.58. The maximum atomic E-state index is 9.05. The molecular formula is C86H56BCl3O2. The molecule has 0 spiro atoms. The van der Waals surface area contributed by atoms with Crippen molar-refractivity contribution in [3.63, 3.8) is 0 Å². The summed E-state index contributed by atoms with van der Waals surface area (Å²) < 4.78 is 0. The molecule has 0 radical (unpaired) electrons. The van der Waals surface area contributed by atoms with Gasteiger partial charge in [0.15, 0.2) is 0 Å². The first kappa shape index (κ1) is 61.5. The zero-order valence-electron chi connectivity index (χ0n) is 50.3. The van der Waals surface area contributed by atoms with Gasteiger partial charge in [-0.3, -0.25) is 0 Å². The van der Waals surface area contributed by atoms with Crippen LogP contribution in [0.3, 0.4) is 0 Å². The van der Waals surface area contributed by atoms with E-state index in [1.54, 1.807) is 32.0 Å². The van der Waals surface area contributed by atoms with Gasteiger partial charge >= 0.3 is 7.12 Å². The molecule has 0 aliphatic carbocycles. The Hall–Kier alpha value is -10.8. The molecule has 2 N–H and O–H groups in total. The Kier molecular flexibility index (Phi) is 19.2. The molecule has 14 aromatic rings. The van der Waals surface area contributed by atoms with E-state index in [1.165, 1.54) is 82.0 Å². The summed E-state index contributed by atoms with van der Waals surface area (Å²) in [6.07, 6.45) is 0. The standard InChI is InChI=1S/C49H31Cl.C20H12Cl2.C17H13BO2/c1-2-3-4-9-34-14-16-35(17-15-34)36-18-22-39(23-19-36)43-31-44(40-24-20-37(21-25-40)38-26-28-46(50)29-27-38)33-45(32-43)49-47-12-7-5-10-41(47)30-42-11-6-8-13-48(42)49;21-16-10-15(11-17(22)12-16)20-18-7-3-1-5-13(18)9-14-6-2-4-8-19(14)20;1-2-3-4-5-14-6-8-15(9-7-14)16-10-12-17(13-11-16)18(19)20/h5-8,10-33H,1H3;1-12H;6-13,19-20H,1H3. The van der Waals surface area contributed by atoms with Crippen molar-refractivity contribution in [1.29, 1.82) is 0 Å². The molecule has 0 heterocycles. The Morgan fingerprint density at radius 2 is 0.543 bits per heavy atom. The van der Waals surface area contributed by atoms with Crippen LogP contribution < -0.4 is 5.46 Å². The van der Waals surface area contributed by atoms with Gasteiger partial charge in [0.05, 0.1) is 0 Å². The Balaban J connectivity index is 0.000000159. The van der Waals surface area contributed by atoms with Crippen LogP contribution in [0, 0.1) is 47.4 Å². The van der Waals surface area contributed by atoms with Gasteiger partial charge in [0.25, 0.3) is 0 Å². The summed E-state index contributed by atoms with van der Waals surface area (Å²) in [6, 6.07) is 100. The molecular weight excluding hydrogens is 1180 g/mol. The van der Waals surface area contributed by atoms with E-state index in [9.17, 15) is 0 Å². The van der Waals surface area contributed by atoms with Crippen molar-refractivity contribution in [2.75, 3.05) is 0 Å². The van der Waals surface area contributed by atoms with Gasteiger partial charge in [-0.1, -0.05) is 265 Å². The molecule has 0 saturated heterocycles. The lowest BCUT2D eigenvalue weighted by molar-refractivity contribution is 0.426. The maximum Gasteiger partial charge on any atom is 0.488 e. The molecule has 0 bridgehead atoms. The van der Waals surface area contributed by atoms with Gasteiger partial charge in [-0.2, -0.15) is 0 Å². The summed E-state index contributed by atoms with van der Waals surface area (Å²) in [5, 5.41) is 30.0. The van der Waals surface area contributed by atoms with Crippen molar-refractivity contribution in [3.8, 4) is 125 Å². The first-order valence-corrected chi connectivity index (χ1v) is 31.1. The van der Waals surface area contributed by atoms with Crippen LogP contribution in [0.25, 0.3) is 121 Å². The normalized spacial score (nSPS) is 10.4. The minimum atomic E-state index is -1.43. The molecule has 0 amide bonds. The molecule has 0 atom stereocenters. The molecule has 92 heavy (non-hydrogen) atoms. The molecule has 436 valence electrons. The van der Waals surface area contributed by atoms with Crippen LogP contribution in [0.2, 0.25) is 15.1 Å². The Bertz CT molecular complexity index is 5150. The molecule has 0 aliphatic heterocycles. The van der Waals surface area contributed by atoms with Crippen molar-refractivity contribution in [2.24, 2.45) is 0 Å². The number of hydrogen-bond acceptors (Lipinski definition) is 2. The minimum absolute atomic E-state index is 0.481. The summed E-state index contributed by atoms with van der Waals surface area (Å²) in [4.78, 5) is 0. The van der Waals surface area contributed by atoms with Crippen LogP contribution in [-0.2, 0) is 0 Å². The highest BCUT2D eigenvalue weighted by atomic mass is 35.5. The van der Waals surface area contributed by atoms with E-state index in [4.69, 9.17) is 44.9 Å². The van der Waals surface area contributed by atoms with Crippen molar-refractivity contribution < 1.29 is 10.0 Å². The third-order valence-corrected chi connectivity index (χ3v) is 16.7. The van der Waals surface area contributed by atoms with Gasteiger partial charge < -0.3 is 10.0 Å². The molecule has 6 heteroatoms. The number of fused-ring (bicyclic) bond motifs is 4. The Morgan fingerprint density at radius 1 is 0.261 bits per heavy atom. The minimum Gasteiger partial charge on any atom is -0.423 e. The fourth-order valence-corrected chi connectivity index (χ4v) is 12.1. The molecule has 0 aliphatic rings. The first-order chi connectivity index (χ1) is 45.0. The summed E-state index contributed by atoms with van der Waals surface area (Å²) in [6.45, 7) is 3.55. The second kappa shape index (κ2) is 28.8. The molecule has 0 aromatic heterocycles. The quantitative estimate of drug-likeness (QED) is 0.0904. The average molecular weight is 1240 g/mol. The zero-order chi connectivity index (χ0) is 63.3. The molecule has 14 aromatic carbocycles. The molecule has 0 saturated carbocycles. The predicted molar refractivity (Wildman–Crippen MR) is 393 cm³/mol. The van der Waals surface area contributed by atoms with Gasteiger partial charge in [0, 0.05) is 26.2 Å². The second-order valence-corrected chi connectivity index (χ2v) is 23.2. The van der Waals surface area contributed by atoms with Crippen molar-refractivity contribution in [1.82, 2.24) is 0 Å². The lowest BCUT2D eigenvalue weighted by Gasteiger charge is -2.16. The first-order valence-electron chi connectivity index (χ1n) is 30.0. The van der Waals surface area contributed by atoms with Crippen LogP contribution in [0.15, 0.2) is 291 Å². The van der Waals surface area contributed by atoms with E-state index in [2.05, 4.69) is 260 Å². The SMILES string of the molecule is CC#CC#Cc1ccc(-c2ccc(-c3cc(-c4ccc(-c5ccc(Cl)cc5)cc4)cc(-c4c5ccccc5cc5ccccc45)c3)cc2)cc1.CC#CC#Cc1ccc(-c2ccc(B(O)O)cc2)cc1.Clc1cc(Cl)cc(-c2c3ccccc3cc3ccccc23)c1. The molecule has 0 unspecified atom stereocenters. The summed E-state index contributed by atoms with van der Waals surface area (Å²) >= 11 is 18.6. The smallest absolute Gasteiger partial charge is 0.423 e. The second-order valence-electron chi connectivity index (χ2n) is 21.9. The van der Waals surface area contributed by atoms with E-state index in [0.717, 1.165) is 55.1 Å². The number of benzene rings is 14. The van der Waals surface area contributed by atoms with Gasteiger partial charge in [-0.15, -0.1) is 0 Å². The lowest BCUT2D eigenvalue weighted by atomic mass is 9.80. The van der Waals surface area contributed by atoms with E-state index < -0.39 is 7.12 Å². The fourth-order valence-electron chi connectivity index (χ4n) is 11.5. The summed E-state index contributed by atoms with van der Waals surface area (Å²) in [5.74, 6) is 22.8. The molecule has 0 fully saturated rings. The number of rotatable bonds is 8. The zero-order valence-corrected chi connectivity index (χ0v) is 52.6. The van der Waals surface area contributed by atoms with Gasteiger partial charge in [-0.05, 0) is 249 Å². The van der Waals surface area contributed by atoms with Crippen molar-refractivity contribution >= 4 is 90.5 Å². The fraction of sp³-hybridized carbons (Fsp3) is 0.0233. The van der Waals surface area contributed by atoms with Crippen LogP contribution in [0.1, 0.15) is 25.0 Å². The van der Waals surface area contributed by atoms with Crippen LogP contribution >= 0.6 is 34.8 Å². The lowest BCUT2D eigenvalue weighted by Crippen LogP contribution is -2.29. The van der Waals surface area contributed by atoms with Crippen molar-refractivity contribution in [3.05, 3.63) is 317 Å². The van der Waals surface area contributed by atoms with Crippen LogP contribution in [0.5, 0.6) is 0 Å². The summed E-state index contributed by atoms with van der Waals surface area (Å²) in [7, 11) is -1.43. The average Bonchev–Trinajstić information content (AvgIpc) is 0.777. The van der Waals surface area contributed by atoms with Crippen LogP contribution in [0.4, 0.5) is 0 Å². The third-order valence-electron chi connectivity index (χ3n) is 16.0. The van der Waals surface area contributed by atoms with E-state index in [1.807, 2.05) is 60.7 Å². The highest BCUT2D eigenvalue weighted by Gasteiger charge is 2.16. The van der Waals surface area contributed by atoms with E-state index in [-0.39, 0.29) is 0 Å². The van der Waals surface area contributed by atoms with Gasteiger partial charge in [0.2, 0.25) is 0 Å². The Labute approximate surface area is 553 Å². The third kappa shape index (κ3) is 14.4. The maximum absolute atomic E-state index is 9.05.